The molecule has 1 atom stereocenters. The summed E-state index contributed by atoms with van der Waals surface area (Å²) in [5, 5.41) is 0. The first-order valence-corrected chi connectivity index (χ1v) is 7.48. The van der Waals surface area contributed by atoms with E-state index in [1.165, 1.54) is 24.0 Å². The molecule has 1 aromatic carbocycles. The van der Waals surface area contributed by atoms with Crippen LogP contribution in [0.25, 0.3) is 0 Å². The minimum Gasteiger partial charge on any atom is -0.326 e. The zero-order chi connectivity index (χ0) is 14.7. The fourth-order valence-corrected chi connectivity index (χ4v) is 2.51. The minimum atomic E-state index is 0.288. The number of benzene rings is 1. The Hall–Kier alpha value is -0.820. The Morgan fingerprint density at radius 1 is 1.00 bits per heavy atom. The van der Waals surface area contributed by atoms with Crippen molar-refractivity contribution >= 4 is 0 Å². The molecule has 1 rings (SSSR count). The van der Waals surface area contributed by atoms with Gasteiger partial charge in [-0.2, -0.15) is 0 Å². The zero-order valence-electron chi connectivity index (χ0n) is 13.6. The summed E-state index contributed by atoms with van der Waals surface area (Å²) >= 11 is 0. The topological polar surface area (TPSA) is 26.0 Å². The number of rotatable bonds is 5. The molecule has 19 heavy (non-hydrogen) atoms. The smallest absolute Gasteiger partial charge is 0.0178 e. The van der Waals surface area contributed by atoms with E-state index in [2.05, 4.69) is 65.8 Å². The molecule has 0 radical (unpaired) electrons. The summed E-state index contributed by atoms with van der Waals surface area (Å²) in [5.74, 6) is 0.592. The lowest BCUT2D eigenvalue weighted by Gasteiger charge is -2.37. The molecule has 0 aromatic heterocycles. The molecule has 1 aromatic rings. The van der Waals surface area contributed by atoms with Crippen molar-refractivity contribution < 1.29 is 0 Å². The second-order valence-corrected chi connectivity index (χ2v) is 7.59. The second-order valence-electron chi connectivity index (χ2n) is 7.59. The first-order valence-electron chi connectivity index (χ1n) is 7.48. The van der Waals surface area contributed by atoms with Crippen LogP contribution in [0.2, 0.25) is 0 Å². The molecule has 0 heterocycles. The molecule has 0 saturated heterocycles. The van der Waals surface area contributed by atoms with E-state index in [1.807, 2.05) is 0 Å². The predicted octanol–water partition coefficient (Wildman–Crippen LogP) is 5.10. The third-order valence-corrected chi connectivity index (χ3v) is 4.38. The summed E-state index contributed by atoms with van der Waals surface area (Å²) in [6, 6.07) is 8.88. The van der Waals surface area contributed by atoms with E-state index in [4.69, 9.17) is 5.73 Å². The monoisotopic (exact) mass is 261 g/mol. The van der Waals surface area contributed by atoms with Crippen LogP contribution in [-0.4, -0.2) is 0 Å². The number of nitrogens with two attached hydrogens (primary N) is 1. The normalized spacial score (nSPS) is 14.5. The third kappa shape index (κ3) is 4.65. The summed E-state index contributed by atoms with van der Waals surface area (Å²) in [6.07, 6.45) is 2.45. The maximum Gasteiger partial charge on any atom is 0.0178 e. The molecule has 0 aliphatic heterocycles. The summed E-state index contributed by atoms with van der Waals surface area (Å²) in [7, 11) is 0. The lowest BCUT2D eigenvalue weighted by molar-refractivity contribution is 0.209. The van der Waals surface area contributed by atoms with E-state index in [0.29, 0.717) is 17.9 Å². The van der Waals surface area contributed by atoms with Crippen LogP contribution in [0.1, 0.15) is 71.4 Å². The van der Waals surface area contributed by atoms with Gasteiger partial charge in [0.1, 0.15) is 0 Å². The van der Waals surface area contributed by atoms with Crippen molar-refractivity contribution in [2.24, 2.45) is 16.6 Å². The molecule has 0 aliphatic rings. The highest BCUT2D eigenvalue weighted by Gasteiger charge is 2.31. The zero-order valence-corrected chi connectivity index (χ0v) is 13.6. The molecule has 0 amide bonds. The fourth-order valence-electron chi connectivity index (χ4n) is 2.51. The van der Waals surface area contributed by atoms with E-state index in [-0.39, 0.29) is 5.41 Å². The maximum atomic E-state index is 5.69. The highest BCUT2D eigenvalue weighted by Crippen LogP contribution is 2.44. The Morgan fingerprint density at radius 2 is 1.53 bits per heavy atom. The molecular formula is C18H31N. The molecule has 1 unspecified atom stereocenters. The summed E-state index contributed by atoms with van der Waals surface area (Å²) in [5.41, 5.74) is 9.03. The molecular weight excluding hydrogens is 230 g/mol. The average Bonchev–Trinajstić information content (AvgIpc) is 2.35. The Balaban J connectivity index is 3.03. The number of hydrogen-bond donors (Lipinski definition) is 1. The lowest BCUT2D eigenvalue weighted by atomic mass is 9.68. The van der Waals surface area contributed by atoms with Gasteiger partial charge >= 0.3 is 0 Å². The van der Waals surface area contributed by atoms with Crippen molar-refractivity contribution in [3.63, 3.8) is 0 Å². The molecule has 0 aliphatic carbocycles. The van der Waals surface area contributed by atoms with Crippen LogP contribution in [0.4, 0.5) is 0 Å². The first kappa shape index (κ1) is 16.2. The Kier molecular flexibility index (Phi) is 5.20. The van der Waals surface area contributed by atoms with Crippen LogP contribution >= 0.6 is 0 Å². The van der Waals surface area contributed by atoms with Crippen LogP contribution in [0, 0.1) is 10.8 Å². The van der Waals surface area contributed by atoms with Gasteiger partial charge in [0, 0.05) is 6.54 Å². The second kappa shape index (κ2) is 6.09. The maximum absolute atomic E-state index is 5.69. The van der Waals surface area contributed by atoms with Gasteiger partial charge in [0.2, 0.25) is 0 Å². The molecule has 0 saturated carbocycles. The van der Waals surface area contributed by atoms with Gasteiger partial charge in [0.05, 0.1) is 0 Å². The van der Waals surface area contributed by atoms with Gasteiger partial charge in [-0.1, -0.05) is 72.2 Å². The molecule has 108 valence electrons. The van der Waals surface area contributed by atoms with Crippen LogP contribution in [0.15, 0.2) is 24.3 Å². The van der Waals surface area contributed by atoms with Crippen molar-refractivity contribution in [1.82, 2.24) is 0 Å². The highest BCUT2D eigenvalue weighted by atomic mass is 14.5. The van der Waals surface area contributed by atoms with E-state index in [0.717, 1.165) is 0 Å². The Bertz CT molecular complexity index is 381. The molecule has 0 fully saturated rings. The van der Waals surface area contributed by atoms with Crippen molar-refractivity contribution in [2.45, 2.75) is 66.8 Å². The van der Waals surface area contributed by atoms with Crippen LogP contribution in [-0.2, 0) is 6.54 Å². The standard InChI is InChI=1S/C18H31N/c1-7-18(5,6)12-16(17(2,3)4)15-10-8-14(13-19)9-11-15/h8-11,16H,7,12-13,19H2,1-6H3. The highest BCUT2D eigenvalue weighted by molar-refractivity contribution is 5.26. The summed E-state index contributed by atoms with van der Waals surface area (Å²) in [4.78, 5) is 0. The SMILES string of the molecule is CCC(C)(C)CC(c1ccc(CN)cc1)C(C)(C)C. The summed E-state index contributed by atoms with van der Waals surface area (Å²) < 4.78 is 0. The van der Waals surface area contributed by atoms with Crippen LogP contribution in [0.5, 0.6) is 0 Å². The number of hydrogen-bond acceptors (Lipinski definition) is 1. The predicted molar refractivity (Wildman–Crippen MR) is 85.2 cm³/mol. The molecule has 0 bridgehead atoms. The van der Waals surface area contributed by atoms with E-state index < -0.39 is 0 Å². The van der Waals surface area contributed by atoms with Crippen molar-refractivity contribution in [3.05, 3.63) is 35.4 Å². The van der Waals surface area contributed by atoms with Crippen LogP contribution in [0.3, 0.4) is 0 Å². The van der Waals surface area contributed by atoms with Gasteiger partial charge in [-0.05, 0) is 34.3 Å². The van der Waals surface area contributed by atoms with Gasteiger partial charge in [-0.3, -0.25) is 0 Å². The van der Waals surface area contributed by atoms with Gasteiger partial charge in [-0.25, -0.2) is 0 Å². The Labute approximate surface area is 119 Å². The van der Waals surface area contributed by atoms with Gasteiger partial charge in [0.15, 0.2) is 0 Å². The van der Waals surface area contributed by atoms with Gasteiger partial charge < -0.3 is 5.73 Å². The van der Waals surface area contributed by atoms with E-state index in [1.54, 1.807) is 0 Å². The van der Waals surface area contributed by atoms with Gasteiger partial charge in [-0.15, -0.1) is 0 Å². The third-order valence-electron chi connectivity index (χ3n) is 4.38. The van der Waals surface area contributed by atoms with Crippen molar-refractivity contribution in [2.75, 3.05) is 0 Å². The average molecular weight is 261 g/mol. The first-order chi connectivity index (χ1) is 8.69. The molecule has 1 heteroatoms. The van der Waals surface area contributed by atoms with Crippen molar-refractivity contribution in [1.29, 1.82) is 0 Å². The van der Waals surface area contributed by atoms with Crippen molar-refractivity contribution in [3.8, 4) is 0 Å². The molecule has 0 spiro atoms. The fraction of sp³-hybridized carbons (Fsp3) is 0.667. The quantitative estimate of drug-likeness (QED) is 0.784. The lowest BCUT2D eigenvalue weighted by Crippen LogP contribution is -2.25. The van der Waals surface area contributed by atoms with E-state index >= 15 is 0 Å². The van der Waals surface area contributed by atoms with E-state index in [9.17, 15) is 0 Å². The molecule has 1 nitrogen and oxygen atoms in total. The Morgan fingerprint density at radius 3 is 1.89 bits per heavy atom. The summed E-state index contributed by atoms with van der Waals surface area (Å²) in [6.45, 7) is 14.7. The molecule has 2 N–H and O–H groups in total. The van der Waals surface area contributed by atoms with Crippen LogP contribution < -0.4 is 5.73 Å². The minimum absolute atomic E-state index is 0.288. The van der Waals surface area contributed by atoms with Gasteiger partial charge in [0.25, 0.3) is 0 Å². The largest absolute Gasteiger partial charge is 0.326 e.